The first-order valence-electron chi connectivity index (χ1n) is 6.88. The number of morpholine rings is 1. The smallest absolute Gasteiger partial charge is 0.245 e. The highest BCUT2D eigenvalue weighted by Gasteiger charge is 2.29. The Kier molecular flexibility index (Phi) is 3.81. The van der Waals surface area contributed by atoms with Crippen molar-refractivity contribution in [3.63, 3.8) is 0 Å². The van der Waals surface area contributed by atoms with Crippen molar-refractivity contribution < 1.29 is 9.53 Å². The van der Waals surface area contributed by atoms with E-state index in [1.165, 1.54) is 23.4 Å². The summed E-state index contributed by atoms with van der Waals surface area (Å²) in [5, 5.41) is 6.85. The Labute approximate surface area is 116 Å². The van der Waals surface area contributed by atoms with E-state index in [4.69, 9.17) is 4.74 Å². The van der Waals surface area contributed by atoms with Crippen LogP contribution in [0.4, 0.5) is 5.13 Å². The standard InChI is InChI=1S/C13H19N3O2S/c1-8-11(14-6-7-18-8)12(17)16-13-15-9-4-2-3-5-10(9)19-13/h8,11,14H,2-7H2,1H3,(H,15,16,17)/t8-,11+/m1/s1. The van der Waals surface area contributed by atoms with Crippen LogP contribution in [-0.4, -0.2) is 36.2 Å². The number of aromatic nitrogens is 1. The van der Waals surface area contributed by atoms with Gasteiger partial charge in [0.15, 0.2) is 5.13 Å². The summed E-state index contributed by atoms with van der Waals surface area (Å²) in [4.78, 5) is 18.1. The predicted molar refractivity (Wildman–Crippen MR) is 74.6 cm³/mol. The van der Waals surface area contributed by atoms with E-state index in [1.807, 2.05) is 6.92 Å². The predicted octanol–water partition coefficient (Wildman–Crippen LogP) is 1.34. The van der Waals surface area contributed by atoms with Crippen molar-refractivity contribution in [2.45, 2.75) is 44.8 Å². The Balaban J connectivity index is 1.67. The molecule has 0 radical (unpaired) electrons. The van der Waals surface area contributed by atoms with Crippen molar-refractivity contribution in [1.82, 2.24) is 10.3 Å². The van der Waals surface area contributed by atoms with Crippen LogP contribution in [0.5, 0.6) is 0 Å². The molecular weight excluding hydrogens is 262 g/mol. The van der Waals surface area contributed by atoms with Crippen LogP contribution in [-0.2, 0) is 22.4 Å². The van der Waals surface area contributed by atoms with Gasteiger partial charge in [0.05, 0.1) is 18.4 Å². The van der Waals surface area contributed by atoms with Crippen LogP contribution in [0.3, 0.4) is 0 Å². The number of ether oxygens (including phenoxy) is 1. The average Bonchev–Trinajstić information content (AvgIpc) is 2.81. The largest absolute Gasteiger partial charge is 0.375 e. The van der Waals surface area contributed by atoms with E-state index in [1.54, 1.807) is 11.3 Å². The number of rotatable bonds is 2. The highest BCUT2D eigenvalue weighted by atomic mass is 32.1. The van der Waals surface area contributed by atoms with Gasteiger partial charge in [-0.05, 0) is 32.6 Å². The van der Waals surface area contributed by atoms with Crippen molar-refractivity contribution in [3.05, 3.63) is 10.6 Å². The molecule has 0 spiro atoms. The van der Waals surface area contributed by atoms with E-state index >= 15 is 0 Å². The number of thiazole rings is 1. The Bertz CT molecular complexity index is 451. The molecular formula is C13H19N3O2S. The lowest BCUT2D eigenvalue weighted by Crippen LogP contribution is -2.53. The number of carbonyl (C=O) groups excluding carboxylic acids is 1. The summed E-state index contributed by atoms with van der Waals surface area (Å²) in [5.74, 6) is -0.0432. The average molecular weight is 281 g/mol. The fourth-order valence-electron chi connectivity index (χ4n) is 2.62. The topological polar surface area (TPSA) is 63.2 Å². The summed E-state index contributed by atoms with van der Waals surface area (Å²) in [5.41, 5.74) is 1.17. The molecule has 19 heavy (non-hydrogen) atoms. The molecule has 5 nitrogen and oxygen atoms in total. The molecule has 1 aromatic heterocycles. The normalized spacial score (nSPS) is 26.8. The van der Waals surface area contributed by atoms with Gasteiger partial charge in [-0.3, -0.25) is 4.79 Å². The van der Waals surface area contributed by atoms with Gasteiger partial charge in [0, 0.05) is 11.4 Å². The zero-order valence-electron chi connectivity index (χ0n) is 11.1. The molecule has 1 aliphatic heterocycles. The Morgan fingerprint density at radius 2 is 2.32 bits per heavy atom. The summed E-state index contributed by atoms with van der Waals surface area (Å²) >= 11 is 1.62. The summed E-state index contributed by atoms with van der Waals surface area (Å²) < 4.78 is 5.49. The van der Waals surface area contributed by atoms with Gasteiger partial charge in [0.25, 0.3) is 0 Å². The van der Waals surface area contributed by atoms with Gasteiger partial charge in [0.1, 0.15) is 6.04 Å². The van der Waals surface area contributed by atoms with Crippen molar-refractivity contribution in [1.29, 1.82) is 0 Å². The summed E-state index contributed by atoms with van der Waals surface area (Å²) in [6, 6.07) is -0.283. The van der Waals surface area contributed by atoms with Crippen LogP contribution >= 0.6 is 11.3 Å². The van der Waals surface area contributed by atoms with Crippen LogP contribution in [0, 0.1) is 0 Å². The molecule has 3 rings (SSSR count). The lowest BCUT2D eigenvalue weighted by Gasteiger charge is -2.28. The third-order valence-electron chi connectivity index (χ3n) is 3.67. The first-order valence-corrected chi connectivity index (χ1v) is 7.70. The van der Waals surface area contributed by atoms with Crippen molar-refractivity contribution >= 4 is 22.4 Å². The molecule has 2 aliphatic rings. The first kappa shape index (κ1) is 13.0. The van der Waals surface area contributed by atoms with Gasteiger partial charge < -0.3 is 15.4 Å². The fraction of sp³-hybridized carbons (Fsp3) is 0.692. The van der Waals surface area contributed by atoms with Crippen molar-refractivity contribution in [2.24, 2.45) is 0 Å². The lowest BCUT2D eigenvalue weighted by molar-refractivity contribution is -0.123. The van der Waals surface area contributed by atoms with E-state index in [-0.39, 0.29) is 18.1 Å². The zero-order chi connectivity index (χ0) is 13.2. The Morgan fingerprint density at radius 1 is 1.47 bits per heavy atom. The molecule has 0 bridgehead atoms. The second-order valence-corrected chi connectivity index (χ2v) is 6.18. The number of nitrogens with one attached hydrogen (secondary N) is 2. The summed E-state index contributed by atoms with van der Waals surface area (Å²) in [7, 11) is 0. The van der Waals surface area contributed by atoms with E-state index in [0.29, 0.717) is 6.61 Å². The molecule has 2 atom stereocenters. The number of anilines is 1. The number of carbonyl (C=O) groups is 1. The number of aryl methyl sites for hydroxylation is 2. The van der Waals surface area contributed by atoms with Gasteiger partial charge in [0.2, 0.25) is 5.91 Å². The maximum Gasteiger partial charge on any atom is 0.245 e. The third-order valence-corrected chi connectivity index (χ3v) is 4.75. The molecule has 2 N–H and O–H groups in total. The van der Waals surface area contributed by atoms with E-state index in [0.717, 1.165) is 24.5 Å². The lowest BCUT2D eigenvalue weighted by atomic mass is 10.0. The molecule has 2 heterocycles. The first-order chi connectivity index (χ1) is 9.24. The summed E-state index contributed by atoms with van der Waals surface area (Å²) in [6.07, 6.45) is 4.49. The molecule has 1 fully saturated rings. The van der Waals surface area contributed by atoms with E-state index in [9.17, 15) is 4.79 Å². The van der Waals surface area contributed by atoms with Gasteiger partial charge in [-0.2, -0.15) is 0 Å². The number of nitrogens with zero attached hydrogens (tertiary/aromatic N) is 1. The van der Waals surface area contributed by atoms with Crippen molar-refractivity contribution in [3.8, 4) is 0 Å². The molecule has 0 unspecified atom stereocenters. The van der Waals surface area contributed by atoms with E-state index in [2.05, 4.69) is 15.6 Å². The highest BCUT2D eigenvalue weighted by Crippen LogP contribution is 2.29. The number of fused-ring (bicyclic) bond motifs is 1. The molecule has 1 saturated heterocycles. The van der Waals surface area contributed by atoms with Crippen LogP contribution in [0.15, 0.2) is 0 Å². The van der Waals surface area contributed by atoms with Crippen molar-refractivity contribution in [2.75, 3.05) is 18.5 Å². The zero-order valence-corrected chi connectivity index (χ0v) is 11.9. The minimum absolute atomic E-state index is 0.0432. The van der Waals surface area contributed by atoms with Crippen LogP contribution in [0.2, 0.25) is 0 Å². The molecule has 104 valence electrons. The minimum atomic E-state index is -0.283. The highest BCUT2D eigenvalue weighted by molar-refractivity contribution is 7.15. The maximum absolute atomic E-state index is 12.2. The third kappa shape index (κ3) is 2.80. The molecule has 0 saturated carbocycles. The van der Waals surface area contributed by atoms with Crippen LogP contribution in [0.25, 0.3) is 0 Å². The van der Waals surface area contributed by atoms with Gasteiger partial charge >= 0.3 is 0 Å². The van der Waals surface area contributed by atoms with Crippen LogP contribution in [0.1, 0.15) is 30.3 Å². The molecule has 1 aliphatic carbocycles. The Morgan fingerprint density at radius 3 is 3.11 bits per heavy atom. The molecule has 6 heteroatoms. The monoisotopic (exact) mass is 281 g/mol. The quantitative estimate of drug-likeness (QED) is 0.858. The number of hydrogen-bond acceptors (Lipinski definition) is 5. The second-order valence-electron chi connectivity index (χ2n) is 5.09. The molecule has 1 aromatic rings. The second kappa shape index (κ2) is 5.56. The minimum Gasteiger partial charge on any atom is -0.375 e. The molecule has 0 aromatic carbocycles. The van der Waals surface area contributed by atoms with Gasteiger partial charge in [-0.1, -0.05) is 0 Å². The maximum atomic E-state index is 12.2. The van der Waals surface area contributed by atoms with Gasteiger partial charge in [-0.25, -0.2) is 4.98 Å². The molecule has 1 amide bonds. The summed E-state index contributed by atoms with van der Waals surface area (Å²) in [6.45, 7) is 3.30. The fourth-order valence-corrected chi connectivity index (χ4v) is 3.67. The van der Waals surface area contributed by atoms with Crippen LogP contribution < -0.4 is 10.6 Å². The number of hydrogen-bond donors (Lipinski definition) is 2. The Hall–Kier alpha value is -0.980. The van der Waals surface area contributed by atoms with E-state index < -0.39 is 0 Å². The SMILES string of the molecule is C[C@H]1OCCN[C@@H]1C(=O)Nc1nc2c(s1)CCCC2. The number of amides is 1. The van der Waals surface area contributed by atoms with Gasteiger partial charge in [-0.15, -0.1) is 11.3 Å².